The van der Waals surface area contributed by atoms with Crippen molar-refractivity contribution in [3.63, 3.8) is 0 Å². The molecule has 2 rings (SSSR count). The van der Waals surface area contributed by atoms with E-state index in [1.807, 2.05) is 39.8 Å². The summed E-state index contributed by atoms with van der Waals surface area (Å²) in [6, 6.07) is 5.75. The Morgan fingerprint density at radius 3 is 2.57 bits per heavy atom. The Kier molecular flexibility index (Phi) is 5.32. The van der Waals surface area contributed by atoms with Crippen LogP contribution >= 0.6 is 0 Å². The van der Waals surface area contributed by atoms with Gasteiger partial charge in [-0.25, -0.2) is 9.97 Å². The predicted octanol–water partition coefficient (Wildman–Crippen LogP) is 3.00. The largest absolute Gasteiger partial charge is 0.483 e. The molecule has 23 heavy (non-hydrogen) atoms. The third-order valence-corrected chi connectivity index (χ3v) is 4.22. The summed E-state index contributed by atoms with van der Waals surface area (Å²) in [4.78, 5) is 22.1. The molecule has 0 saturated heterocycles. The van der Waals surface area contributed by atoms with E-state index in [-0.39, 0.29) is 18.6 Å². The Morgan fingerprint density at radius 1 is 1.22 bits per heavy atom. The lowest BCUT2D eigenvalue weighted by atomic mass is 10.1. The smallest absolute Gasteiger partial charge is 0.260 e. The van der Waals surface area contributed by atoms with Gasteiger partial charge in [0.2, 0.25) is 0 Å². The van der Waals surface area contributed by atoms with Crippen LogP contribution in [0.5, 0.6) is 5.75 Å². The van der Waals surface area contributed by atoms with E-state index in [2.05, 4.69) is 16.0 Å². The second kappa shape index (κ2) is 7.22. The number of nitrogens with zero attached hydrogens (tertiary/aromatic N) is 3. The van der Waals surface area contributed by atoms with Gasteiger partial charge >= 0.3 is 0 Å². The Bertz CT molecular complexity index is 686. The summed E-state index contributed by atoms with van der Waals surface area (Å²) in [6.45, 7) is 7.97. The lowest BCUT2D eigenvalue weighted by Gasteiger charge is -2.25. The fourth-order valence-electron chi connectivity index (χ4n) is 2.35. The molecular weight excluding hydrogens is 290 g/mol. The predicted molar refractivity (Wildman–Crippen MR) is 89.4 cm³/mol. The summed E-state index contributed by atoms with van der Waals surface area (Å²) < 4.78 is 5.79. The van der Waals surface area contributed by atoms with E-state index in [1.165, 1.54) is 6.33 Å². The molecule has 0 unspecified atom stereocenters. The van der Waals surface area contributed by atoms with Gasteiger partial charge < -0.3 is 9.64 Å². The van der Waals surface area contributed by atoms with Gasteiger partial charge in [0.1, 0.15) is 12.1 Å². The van der Waals surface area contributed by atoms with E-state index < -0.39 is 0 Å². The van der Waals surface area contributed by atoms with E-state index in [0.717, 1.165) is 28.1 Å². The fourth-order valence-corrected chi connectivity index (χ4v) is 2.35. The highest BCUT2D eigenvalue weighted by atomic mass is 16.5. The Morgan fingerprint density at radius 2 is 1.91 bits per heavy atom. The molecule has 0 fully saturated rings. The highest BCUT2D eigenvalue weighted by molar-refractivity contribution is 5.78. The molecule has 0 aliphatic rings. The standard InChI is InChI=1S/C18H23N3O2/c1-12-6-7-13(2)18(14(12)3)23-10-17(22)21(5)15(4)16-8-9-19-11-20-16/h6-9,11,15H,10H2,1-5H3/t15-/m1/s1. The van der Waals surface area contributed by atoms with Crippen molar-refractivity contribution in [2.24, 2.45) is 0 Å². The number of carbonyl (C=O) groups excluding carboxylic acids is 1. The number of likely N-dealkylation sites (N-methyl/N-ethyl adjacent to an activating group) is 1. The molecule has 0 saturated carbocycles. The van der Waals surface area contributed by atoms with Crippen LogP contribution in [0.3, 0.4) is 0 Å². The van der Waals surface area contributed by atoms with Crippen molar-refractivity contribution >= 4 is 5.91 Å². The topological polar surface area (TPSA) is 55.3 Å². The van der Waals surface area contributed by atoms with Crippen LogP contribution in [0.15, 0.2) is 30.7 Å². The van der Waals surface area contributed by atoms with Crippen LogP contribution in [0.2, 0.25) is 0 Å². The van der Waals surface area contributed by atoms with E-state index in [1.54, 1.807) is 18.1 Å². The number of benzene rings is 1. The number of aryl methyl sites for hydroxylation is 2. The molecule has 5 heteroatoms. The lowest BCUT2D eigenvalue weighted by molar-refractivity contribution is -0.134. The van der Waals surface area contributed by atoms with E-state index in [9.17, 15) is 4.79 Å². The van der Waals surface area contributed by atoms with Crippen molar-refractivity contribution < 1.29 is 9.53 Å². The van der Waals surface area contributed by atoms with Crippen LogP contribution in [0.4, 0.5) is 0 Å². The highest BCUT2D eigenvalue weighted by Gasteiger charge is 2.19. The minimum absolute atomic E-state index is 0.0110. The Labute approximate surface area is 137 Å². The SMILES string of the molecule is Cc1ccc(C)c(OCC(=O)N(C)[C@H](C)c2ccncn2)c1C. The second-order valence-corrected chi connectivity index (χ2v) is 5.76. The Balaban J connectivity index is 2.04. The van der Waals surface area contributed by atoms with Gasteiger partial charge in [0.05, 0.1) is 11.7 Å². The molecule has 0 radical (unpaired) electrons. The molecule has 2 aromatic rings. The molecule has 1 atom stereocenters. The average molecular weight is 313 g/mol. The molecule has 122 valence electrons. The normalized spacial score (nSPS) is 11.9. The number of carbonyl (C=O) groups is 1. The van der Waals surface area contributed by atoms with Crippen LogP contribution < -0.4 is 4.74 Å². The summed E-state index contributed by atoms with van der Waals surface area (Å²) in [7, 11) is 1.76. The number of ether oxygens (including phenoxy) is 1. The monoisotopic (exact) mass is 313 g/mol. The second-order valence-electron chi connectivity index (χ2n) is 5.76. The summed E-state index contributed by atoms with van der Waals surface area (Å²) in [5, 5.41) is 0. The van der Waals surface area contributed by atoms with E-state index >= 15 is 0 Å². The maximum absolute atomic E-state index is 12.4. The first-order valence-corrected chi connectivity index (χ1v) is 7.63. The van der Waals surface area contributed by atoms with Crippen LogP contribution in [0.25, 0.3) is 0 Å². The van der Waals surface area contributed by atoms with Crippen molar-refractivity contribution in [1.82, 2.24) is 14.9 Å². The van der Waals surface area contributed by atoms with Crippen LogP contribution in [-0.4, -0.2) is 34.4 Å². The highest BCUT2D eigenvalue weighted by Crippen LogP contribution is 2.26. The number of hydrogen-bond donors (Lipinski definition) is 0. The van der Waals surface area contributed by atoms with E-state index in [4.69, 9.17) is 4.74 Å². The van der Waals surface area contributed by atoms with Crippen molar-refractivity contribution in [3.05, 3.63) is 53.1 Å². The van der Waals surface area contributed by atoms with Gasteiger partial charge in [0.25, 0.3) is 5.91 Å². The molecule has 1 aromatic carbocycles. The third-order valence-electron chi connectivity index (χ3n) is 4.22. The van der Waals surface area contributed by atoms with Gasteiger partial charge in [-0.15, -0.1) is 0 Å². The maximum atomic E-state index is 12.4. The maximum Gasteiger partial charge on any atom is 0.260 e. The van der Waals surface area contributed by atoms with Gasteiger partial charge in [-0.1, -0.05) is 12.1 Å². The van der Waals surface area contributed by atoms with Crippen molar-refractivity contribution in [3.8, 4) is 5.75 Å². The molecule has 0 N–H and O–H groups in total. The molecular formula is C18H23N3O2. The third kappa shape index (κ3) is 3.86. The van der Waals surface area contributed by atoms with Gasteiger partial charge in [-0.3, -0.25) is 4.79 Å². The van der Waals surface area contributed by atoms with E-state index in [0.29, 0.717) is 0 Å². The number of hydrogen-bond acceptors (Lipinski definition) is 4. The van der Waals surface area contributed by atoms with Crippen molar-refractivity contribution in [1.29, 1.82) is 0 Å². The molecule has 1 amide bonds. The zero-order chi connectivity index (χ0) is 17.0. The summed E-state index contributed by atoms with van der Waals surface area (Å²) in [6.07, 6.45) is 3.16. The lowest BCUT2D eigenvalue weighted by Crippen LogP contribution is -2.34. The zero-order valence-electron chi connectivity index (χ0n) is 14.3. The first kappa shape index (κ1) is 16.9. The molecule has 0 bridgehead atoms. The minimum atomic E-state index is -0.131. The quantitative estimate of drug-likeness (QED) is 0.851. The Hall–Kier alpha value is -2.43. The first-order valence-electron chi connectivity index (χ1n) is 7.63. The minimum Gasteiger partial charge on any atom is -0.483 e. The molecule has 0 aliphatic heterocycles. The number of rotatable bonds is 5. The molecule has 5 nitrogen and oxygen atoms in total. The molecule has 0 aliphatic carbocycles. The summed E-state index contributed by atoms with van der Waals surface area (Å²) in [5.74, 6) is 0.706. The van der Waals surface area contributed by atoms with Gasteiger partial charge in [-0.2, -0.15) is 0 Å². The fraction of sp³-hybridized carbons (Fsp3) is 0.389. The van der Waals surface area contributed by atoms with Gasteiger partial charge in [-0.05, 0) is 50.5 Å². The van der Waals surface area contributed by atoms with Crippen LogP contribution in [0, 0.1) is 20.8 Å². The molecule has 0 spiro atoms. The van der Waals surface area contributed by atoms with Gasteiger partial charge in [0, 0.05) is 13.2 Å². The first-order chi connectivity index (χ1) is 10.9. The van der Waals surface area contributed by atoms with Crippen molar-refractivity contribution in [2.45, 2.75) is 33.7 Å². The molecule has 1 aromatic heterocycles. The average Bonchev–Trinajstić information content (AvgIpc) is 2.57. The van der Waals surface area contributed by atoms with Gasteiger partial charge in [0.15, 0.2) is 6.61 Å². The number of amides is 1. The number of aromatic nitrogens is 2. The van der Waals surface area contributed by atoms with Crippen molar-refractivity contribution in [2.75, 3.05) is 13.7 Å². The van der Waals surface area contributed by atoms with Crippen LogP contribution in [-0.2, 0) is 4.79 Å². The van der Waals surface area contributed by atoms with Crippen LogP contribution in [0.1, 0.15) is 35.3 Å². The summed E-state index contributed by atoms with van der Waals surface area (Å²) in [5.41, 5.74) is 4.07. The zero-order valence-corrected chi connectivity index (χ0v) is 14.3. The molecule has 1 heterocycles. The summed E-state index contributed by atoms with van der Waals surface area (Å²) >= 11 is 0.